The zero-order chi connectivity index (χ0) is 14.7. The molecule has 2 aromatic heterocycles. The summed E-state index contributed by atoms with van der Waals surface area (Å²) in [6.45, 7) is 7.51. The molecule has 7 heteroatoms. The van der Waals surface area contributed by atoms with Gasteiger partial charge in [-0.3, -0.25) is 9.69 Å². The van der Waals surface area contributed by atoms with Gasteiger partial charge in [0.1, 0.15) is 0 Å². The zero-order valence-electron chi connectivity index (χ0n) is 12.1. The molecule has 0 unspecified atom stereocenters. The van der Waals surface area contributed by atoms with Crippen LogP contribution in [0.25, 0.3) is 0 Å². The first kappa shape index (κ1) is 14.2. The number of piperazine rings is 1. The molecule has 0 saturated carbocycles. The molecular weight excluding hydrogens is 286 g/mol. The molecule has 21 heavy (non-hydrogen) atoms. The summed E-state index contributed by atoms with van der Waals surface area (Å²) in [5.74, 6) is 0.807. The lowest BCUT2D eigenvalue weighted by Crippen LogP contribution is -2.48. The molecule has 2 aromatic rings. The summed E-state index contributed by atoms with van der Waals surface area (Å²) in [4.78, 5) is 25.0. The summed E-state index contributed by atoms with van der Waals surface area (Å²) in [5, 5.41) is 1.92. The molecule has 6 nitrogen and oxygen atoms in total. The summed E-state index contributed by atoms with van der Waals surface area (Å²) in [5.41, 5.74) is 1.06. The Hall–Kier alpha value is -1.73. The maximum Gasteiger partial charge on any atom is 0.307 e. The van der Waals surface area contributed by atoms with Crippen molar-refractivity contribution in [2.75, 3.05) is 37.6 Å². The van der Waals surface area contributed by atoms with Gasteiger partial charge in [-0.25, -0.2) is 9.97 Å². The standard InChI is InChI=1S/C14H19N5OS/c1-12-11-21-14(20)19(12)10-7-17-5-8-18(9-6-17)13-15-3-2-4-16-13/h2-4,11H,5-10H2,1H3. The molecule has 0 amide bonds. The normalized spacial score (nSPS) is 16.3. The first-order valence-electron chi connectivity index (χ1n) is 7.13. The number of thiazole rings is 1. The Labute approximate surface area is 127 Å². The van der Waals surface area contributed by atoms with Crippen molar-refractivity contribution < 1.29 is 0 Å². The van der Waals surface area contributed by atoms with Gasteiger partial charge in [-0.15, -0.1) is 0 Å². The van der Waals surface area contributed by atoms with E-state index < -0.39 is 0 Å². The highest BCUT2D eigenvalue weighted by Crippen LogP contribution is 2.09. The number of hydrogen-bond donors (Lipinski definition) is 0. The molecule has 1 saturated heterocycles. The number of nitrogens with zero attached hydrogens (tertiary/aromatic N) is 5. The number of hydrogen-bond acceptors (Lipinski definition) is 6. The van der Waals surface area contributed by atoms with Crippen LogP contribution in [0.3, 0.4) is 0 Å². The fourth-order valence-corrected chi connectivity index (χ4v) is 3.30. The lowest BCUT2D eigenvalue weighted by atomic mass is 10.3. The second kappa shape index (κ2) is 6.36. The van der Waals surface area contributed by atoms with Gasteiger partial charge in [0.15, 0.2) is 0 Å². The summed E-state index contributed by atoms with van der Waals surface area (Å²) >= 11 is 1.28. The zero-order valence-corrected chi connectivity index (χ0v) is 12.9. The van der Waals surface area contributed by atoms with Crippen molar-refractivity contribution in [1.82, 2.24) is 19.4 Å². The lowest BCUT2D eigenvalue weighted by Gasteiger charge is -2.34. The van der Waals surface area contributed by atoms with E-state index in [1.165, 1.54) is 11.3 Å². The highest BCUT2D eigenvalue weighted by molar-refractivity contribution is 7.07. The van der Waals surface area contributed by atoms with Crippen LogP contribution >= 0.6 is 11.3 Å². The van der Waals surface area contributed by atoms with E-state index in [2.05, 4.69) is 19.8 Å². The molecule has 0 N–H and O–H groups in total. The van der Waals surface area contributed by atoms with E-state index in [4.69, 9.17) is 0 Å². The van der Waals surface area contributed by atoms with Gasteiger partial charge in [-0.05, 0) is 13.0 Å². The Morgan fingerprint density at radius 3 is 2.48 bits per heavy atom. The van der Waals surface area contributed by atoms with Gasteiger partial charge >= 0.3 is 4.87 Å². The van der Waals surface area contributed by atoms with Gasteiger partial charge in [0.05, 0.1) is 0 Å². The van der Waals surface area contributed by atoms with Crippen molar-refractivity contribution in [1.29, 1.82) is 0 Å². The SMILES string of the molecule is Cc1csc(=O)n1CCN1CCN(c2ncccn2)CC1. The summed E-state index contributed by atoms with van der Waals surface area (Å²) < 4.78 is 1.86. The third-order valence-corrected chi connectivity index (χ3v) is 4.70. The average molecular weight is 305 g/mol. The smallest absolute Gasteiger partial charge is 0.307 e. The summed E-state index contributed by atoms with van der Waals surface area (Å²) in [6.07, 6.45) is 3.56. The summed E-state index contributed by atoms with van der Waals surface area (Å²) in [7, 11) is 0. The molecule has 3 heterocycles. The topological polar surface area (TPSA) is 54.3 Å². The van der Waals surface area contributed by atoms with E-state index in [1.807, 2.05) is 22.9 Å². The first-order chi connectivity index (χ1) is 10.2. The van der Waals surface area contributed by atoms with Crippen molar-refractivity contribution in [2.24, 2.45) is 0 Å². The van der Waals surface area contributed by atoms with Gasteiger partial charge in [0, 0.05) is 62.7 Å². The second-order valence-corrected chi connectivity index (χ2v) is 5.99. The van der Waals surface area contributed by atoms with E-state index in [0.29, 0.717) is 0 Å². The monoisotopic (exact) mass is 305 g/mol. The predicted octanol–water partition coefficient (Wildman–Crippen LogP) is 0.830. The van der Waals surface area contributed by atoms with Crippen LogP contribution < -0.4 is 9.77 Å². The maximum atomic E-state index is 11.7. The average Bonchev–Trinajstić information content (AvgIpc) is 2.85. The molecule has 1 aliphatic rings. The molecule has 0 radical (unpaired) electrons. The van der Waals surface area contributed by atoms with Crippen LogP contribution in [0.5, 0.6) is 0 Å². The lowest BCUT2D eigenvalue weighted by molar-refractivity contribution is 0.246. The van der Waals surface area contributed by atoms with E-state index in [1.54, 1.807) is 12.4 Å². The van der Waals surface area contributed by atoms with Crippen LogP contribution in [-0.2, 0) is 6.54 Å². The fourth-order valence-electron chi connectivity index (χ4n) is 2.54. The summed E-state index contributed by atoms with van der Waals surface area (Å²) in [6, 6.07) is 1.83. The van der Waals surface area contributed by atoms with Gasteiger partial charge in [0.25, 0.3) is 0 Å². The van der Waals surface area contributed by atoms with Gasteiger partial charge in [-0.2, -0.15) is 0 Å². The van der Waals surface area contributed by atoms with Crippen LogP contribution in [0, 0.1) is 6.92 Å². The number of aryl methyl sites for hydroxylation is 1. The van der Waals surface area contributed by atoms with Crippen LogP contribution in [0.2, 0.25) is 0 Å². The minimum atomic E-state index is 0.142. The largest absolute Gasteiger partial charge is 0.338 e. The minimum absolute atomic E-state index is 0.142. The van der Waals surface area contributed by atoms with E-state index >= 15 is 0 Å². The molecular formula is C14H19N5OS. The Morgan fingerprint density at radius 1 is 1.14 bits per heavy atom. The second-order valence-electron chi connectivity index (χ2n) is 5.17. The highest BCUT2D eigenvalue weighted by Gasteiger charge is 2.18. The maximum absolute atomic E-state index is 11.7. The van der Waals surface area contributed by atoms with Crippen LogP contribution in [0.15, 0.2) is 28.6 Å². The quantitative estimate of drug-likeness (QED) is 0.837. The van der Waals surface area contributed by atoms with Crippen LogP contribution in [0.4, 0.5) is 5.95 Å². The van der Waals surface area contributed by atoms with E-state index in [-0.39, 0.29) is 4.87 Å². The molecule has 112 valence electrons. The Bertz CT molecular complexity index is 630. The minimum Gasteiger partial charge on any atom is -0.338 e. The third kappa shape index (κ3) is 3.30. The van der Waals surface area contributed by atoms with Gasteiger partial charge in [0.2, 0.25) is 5.95 Å². The number of aromatic nitrogens is 3. The van der Waals surface area contributed by atoms with Crippen molar-refractivity contribution >= 4 is 17.3 Å². The third-order valence-electron chi connectivity index (χ3n) is 3.82. The Morgan fingerprint density at radius 2 is 1.86 bits per heavy atom. The number of rotatable bonds is 4. The first-order valence-corrected chi connectivity index (χ1v) is 8.01. The van der Waals surface area contributed by atoms with E-state index in [9.17, 15) is 4.79 Å². The van der Waals surface area contributed by atoms with Crippen LogP contribution in [0.1, 0.15) is 5.69 Å². The number of anilines is 1. The highest BCUT2D eigenvalue weighted by atomic mass is 32.1. The predicted molar refractivity (Wildman–Crippen MR) is 84.0 cm³/mol. The van der Waals surface area contributed by atoms with E-state index in [0.717, 1.165) is 50.9 Å². The molecule has 0 atom stereocenters. The molecule has 3 rings (SSSR count). The van der Waals surface area contributed by atoms with Crippen molar-refractivity contribution in [3.63, 3.8) is 0 Å². The fraction of sp³-hybridized carbons (Fsp3) is 0.500. The van der Waals surface area contributed by atoms with Gasteiger partial charge < -0.3 is 9.47 Å². The Balaban J connectivity index is 1.51. The molecule has 0 aliphatic carbocycles. The van der Waals surface area contributed by atoms with Crippen molar-refractivity contribution in [3.05, 3.63) is 39.2 Å². The van der Waals surface area contributed by atoms with Crippen LogP contribution in [-0.4, -0.2) is 52.2 Å². The van der Waals surface area contributed by atoms with Crippen molar-refractivity contribution in [2.45, 2.75) is 13.5 Å². The molecule has 1 fully saturated rings. The Kier molecular flexibility index (Phi) is 4.31. The van der Waals surface area contributed by atoms with Gasteiger partial charge in [-0.1, -0.05) is 11.3 Å². The van der Waals surface area contributed by atoms with Crippen molar-refractivity contribution in [3.8, 4) is 0 Å². The molecule has 0 aromatic carbocycles. The molecule has 1 aliphatic heterocycles. The molecule has 0 spiro atoms. The molecule has 0 bridgehead atoms.